The summed E-state index contributed by atoms with van der Waals surface area (Å²) in [5.41, 5.74) is 0. The van der Waals surface area contributed by atoms with Crippen molar-refractivity contribution in [2.75, 3.05) is 62.9 Å². The molecule has 2 heterocycles. The van der Waals surface area contributed by atoms with Gasteiger partial charge in [0.15, 0.2) is 0 Å². The van der Waals surface area contributed by atoms with Crippen LogP contribution in [0.1, 0.15) is 12.8 Å². The third-order valence-electron chi connectivity index (χ3n) is 3.34. The Balaban J connectivity index is 1.76. The van der Waals surface area contributed by atoms with Gasteiger partial charge in [0.1, 0.15) is 0 Å². The van der Waals surface area contributed by atoms with Crippen molar-refractivity contribution in [3.8, 4) is 0 Å². The number of rotatable bonds is 1. The summed E-state index contributed by atoms with van der Waals surface area (Å²) in [6.07, 6.45) is 2.35. The first-order valence-electron chi connectivity index (χ1n) is 7.09. The zero-order valence-electron chi connectivity index (χ0n) is 11.6. The number of thioether (sulfide) groups is 2. The van der Waals surface area contributed by atoms with Crippen molar-refractivity contribution in [1.29, 1.82) is 0 Å². The molecule has 0 unspecified atom stereocenters. The number of nitrogens with zero attached hydrogens (tertiary/aromatic N) is 1. The lowest BCUT2D eigenvalue weighted by molar-refractivity contribution is 0.0470. The summed E-state index contributed by atoms with van der Waals surface area (Å²) in [7, 11) is 0. The minimum atomic E-state index is 0.695. The molecule has 0 spiro atoms. The second kappa shape index (κ2) is 10.3. The van der Waals surface area contributed by atoms with Crippen molar-refractivity contribution in [1.82, 2.24) is 4.90 Å². The summed E-state index contributed by atoms with van der Waals surface area (Å²) in [5, 5.41) is 0. The summed E-state index contributed by atoms with van der Waals surface area (Å²) in [4.78, 5) is 2.61. The highest BCUT2D eigenvalue weighted by Gasteiger charge is 2.21. The molecule has 6 heteroatoms. The van der Waals surface area contributed by atoms with Crippen LogP contribution in [0, 0.1) is 0 Å². The average molecular weight is 307 g/mol. The summed E-state index contributed by atoms with van der Waals surface area (Å²) >= 11 is 3.96. The summed E-state index contributed by atoms with van der Waals surface area (Å²) in [6.45, 7) is 4.97. The van der Waals surface area contributed by atoms with E-state index in [2.05, 4.69) is 4.90 Å². The molecule has 0 N–H and O–H groups in total. The van der Waals surface area contributed by atoms with Crippen LogP contribution in [0.25, 0.3) is 0 Å². The Kier molecular flexibility index (Phi) is 8.62. The second-order valence-electron chi connectivity index (χ2n) is 4.73. The standard InChI is InChI=1S/C13H25NO3S2/c1-3-15-4-2-13(1)14-11-18-9-7-16-5-6-17-8-10-19-12-14/h13H,1-12H2. The Morgan fingerprint density at radius 3 is 1.79 bits per heavy atom. The topological polar surface area (TPSA) is 30.9 Å². The van der Waals surface area contributed by atoms with Crippen LogP contribution in [0.3, 0.4) is 0 Å². The Labute approximate surface area is 124 Å². The van der Waals surface area contributed by atoms with Crippen LogP contribution < -0.4 is 0 Å². The number of hydrogen-bond donors (Lipinski definition) is 0. The minimum Gasteiger partial charge on any atom is -0.381 e. The first-order valence-corrected chi connectivity index (χ1v) is 9.40. The van der Waals surface area contributed by atoms with Gasteiger partial charge < -0.3 is 14.2 Å². The molecule has 112 valence electrons. The van der Waals surface area contributed by atoms with Gasteiger partial charge in [0, 0.05) is 42.5 Å². The fraction of sp³-hybridized carbons (Fsp3) is 1.00. The lowest BCUT2D eigenvalue weighted by Crippen LogP contribution is -2.39. The van der Waals surface area contributed by atoms with E-state index in [0.717, 1.165) is 62.9 Å². The molecule has 0 atom stereocenters. The van der Waals surface area contributed by atoms with Crippen LogP contribution in [0.5, 0.6) is 0 Å². The van der Waals surface area contributed by atoms with E-state index in [9.17, 15) is 0 Å². The molecular weight excluding hydrogens is 282 g/mol. The lowest BCUT2D eigenvalue weighted by Gasteiger charge is -2.33. The van der Waals surface area contributed by atoms with Crippen LogP contribution in [-0.4, -0.2) is 73.8 Å². The van der Waals surface area contributed by atoms with Gasteiger partial charge in [-0.3, -0.25) is 4.90 Å². The van der Waals surface area contributed by atoms with E-state index in [1.54, 1.807) is 0 Å². The van der Waals surface area contributed by atoms with Gasteiger partial charge >= 0.3 is 0 Å². The highest BCUT2D eigenvalue weighted by Crippen LogP contribution is 2.20. The van der Waals surface area contributed by atoms with Gasteiger partial charge in [-0.1, -0.05) is 0 Å². The van der Waals surface area contributed by atoms with E-state index in [4.69, 9.17) is 14.2 Å². The van der Waals surface area contributed by atoms with Crippen molar-refractivity contribution in [2.24, 2.45) is 0 Å². The normalized spacial score (nSPS) is 27.2. The van der Waals surface area contributed by atoms with Gasteiger partial charge in [0.2, 0.25) is 0 Å². The molecule has 0 aliphatic carbocycles. The molecule has 2 fully saturated rings. The molecule has 2 aliphatic rings. The molecule has 4 nitrogen and oxygen atoms in total. The monoisotopic (exact) mass is 307 g/mol. The van der Waals surface area contributed by atoms with Gasteiger partial charge in [0.25, 0.3) is 0 Å². The molecule has 0 aromatic carbocycles. The highest BCUT2D eigenvalue weighted by molar-refractivity contribution is 8.00. The van der Waals surface area contributed by atoms with Crippen molar-refractivity contribution < 1.29 is 14.2 Å². The lowest BCUT2D eigenvalue weighted by atomic mass is 10.1. The van der Waals surface area contributed by atoms with Crippen LogP contribution in [0.15, 0.2) is 0 Å². The maximum atomic E-state index is 5.54. The van der Waals surface area contributed by atoms with E-state index < -0.39 is 0 Å². The Hall–Kier alpha value is 0.540. The van der Waals surface area contributed by atoms with E-state index in [-0.39, 0.29) is 0 Å². The summed E-state index contributed by atoms with van der Waals surface area (Å²) < 4.78 is 16.5. The molecular formula is C13H25NO3S2. The van der Waals surface area contributed by atoms with Crippen molar-refractivity contribution in [3.05, 3.63) is 0 Å². The second-order valence-corrected chi connectivity index (χ2v) is 6.88. The molecule has 0 aromatic heterocycles. The van der Waals surface area contributed by atoms with Crippen molar-refractivity contribution >= 4 is 23.5 Å². The molecule has 0 aromatic rings. The van der Waals surface area contributed by atoms with Gasteiger partial charge in [0.05, 0.1) is 26.4 Å². The number of hydrogen-bond acceptors (Lipinski definition) is 6. The largest absolute Gasteiger partial charge is 0.381 e. The van der Waals surface area contributed by atoms with Gasteiger partial charge in [-0.15, -0.1) is 23.5 Å². The van der Waals surface area contributed by atoms with Crippen molar-refractivity contribution in [2.45, 2.75) is 18.9 Å². The van der Waals surface area contributed by atoms with E-state index >= 15 is 0 Å². The Morgan fingerprint density at radius 1 is 0.684 bits per heavy atom. The quantitative estimate of drug-likeness (QED) is 0.735. The first kappa shape index (κ1) is 15.9. The highest BCUT2D eigenvalue weighted by atomic mass is 32.2. The maximum Gasteiger partial charge on any atom is 0.0700 e. The molecule has 0 radical (unpaired) electrons. The predicted molar refractivity (Wildman–Crippen MR) is 82.0 cm³/mol. The van der Waals surface area contributed by atoms with Gasteiger partial charge in [-0.05, 0) is 12.8 Å². The third kappa shape index (κ3) is 6.69. The molecule has 19 heavy (non-hydrogen) atoms. The van der Waals surface area contributed by atoms with Crippen LogP contribution in [0.4, 0.5) is 0 Å². The van der Waals surface area contributed by atoms with Crippen LogP contribution in [-0.2, 0) is 14.2 Å². The van der Waals surface area contributed by atoms with Crippen LogP contribution in [0.2, 0.25) is 0 Å². The van der Waals surface area contributed by atoms with Crippen molar-refractivity contribution in [3.63, 3.8) is 0 Å². The smallest absolute Gasteiger partial charge is 0.0700 e. The molecule has 0 bridgehead atoms. The summed E-state index contributed by atoms with van der Waals surface area (Å²) in [6, 6.07) is 0.695. The maximum absolute atomic E-state index is 5.54. The Bertz CT molecular complexity index is 214. The first-order chi connectivity index (χ1) is 9.47. The molecule has 0 amide bonds. The van der Waals surface area contributed by atoms with E-state index in [0.29, 0.717) is 6.04 Å². The van der Waals surface area contributed by atoms with E-state index in [1.807, 2.05) is 23.5 Å². The van der Waals surface area contributed by atoms with E-state index in [1.165, 1.54) is 12.8 Å². The summed E-state index contributed by atoms with van der Waals surface area (Å²) in [5.74, 6) is 4.37. The molecule has 2 rings (SSSR count). The minimum absolute atomic E-state index is 0.695. The molecule has 0 saturated carbocycles. The van der Waals surface area contributed by atoms with Gasteiger partial charge in [-0.25, -0.2) is 0 Å². The fourth-order valence-corrected chi connectivity index (χ4v) is 4.14. The Morgan fingerprint density at radius 2 is 1.21 bits per heavy atom. The zero-order chi connectivity index (χ0) is 13.2. The third-order valence-corrected chi connectivity index (χ3v) is 5.28. The van der Waals surface area contributed by atoms with Gasteiger partial charge in [-0.2, -0.15) is 0 Å². The average Bonchev–Trinajstić information content (AvgIpc) is 2.49. The molecule has 2 aliphatic heterocycles. The predicted octanol–water partition coefficient (Wildman–Crippen LogP) is 1.90. The van der Waals surface area contributed by atoms with Crippen LogP contribution >= 0.6 is 23.5 Å². The number of ether oxygens (including phenoxy) is 3. The fourth-order valence-electron chi connectivity index (χ4n) is 2.22. The molecule has 2 saturated heterocycles. The SMILES string of the molecule is C1COCCSCN(C2CCOCC2)CSCCO1. The zero-order valence-corrected chi connectivity index (χ0v) is 13.2.